The number of amides is 1. The number of carbonyl (C=O) groups excluding carboxylic acids is 1. The van der Waals surface area contributed by atoms with Gasteiger partial charge in [-0.15, -0.1) is 0 Å². The standard InChI is InChI=1S/C12H17N3O2/c1-8(13)12(17)9-3-2-4-10(7-9)15-6-5-11(16)14-15/h2-4,7-8,12,17H,5-6,13H2,1H3,(H,14,16). The average molecular weight is 235 g/mol. The van der Waals surface area contributed by atoms with Crippen LogP contribution in [0, 0.1) is 0 Å². The van der Waals surface area contributed by atoms with Crippen LogP contribution in [-0.4, -0.2) is 23.6 Å². The predicted octanol–water partition coefficient (Wildman–Crippen LogP) is 0.308. The number of hydrazine groups is 1. The van der Waals surface area contributed by atoms with Crippen molar-refractivity contribution in [1.29, 1.82) is 0 Å². The summed E-state index contributed by atoms with van der Waals surface area (Å²) in [5, 5.41) is 11.7. The number of benzene rings is 1. The third-order valence-corrected chi connectivity index (χ3v) is 2.84. The number of aliphatic hydroxyl groups excluding tert-OH is 1. The zero-order valence-corrected chi connectivity index (χ0v) is 9.76. The first kappa shape index (κ1) is 11.9. The van der Waals surface area contributed by atoms with Gasteiger partial charge in [0.1, 0.15) is 0 Å². The highest BCUT2D eigenvalue weighted by atomic mass is 16.3. The first-order chi connectivity index (χ1) is 8.08. The highest BCUT2D eigenvalue weighted by Crippen LogP contribution is 2.22. The van der Waals surface area contributed by atoms with E-state index in [0.717, 1.165) is 11.3 Å². The maximum Gasteiger partial charge on any atom is 0.240 e. The van der Waals surface area contributed by atoms with E-state index < -0.39 is 6.10 Å². The Morgan fingerprint density at radius 1 is 1.53 bits per heavy atom. The second-order valence-corrected chi connectivity index (χ2v) is 4.34. The minimum Gasteiger partial charge on any atom is -0.387 e. The van der Waals surface area contributed by atoms with Gasteiger partial charge in [0.2, 0.25) is 5.91 Å². The lowest BCUT2D eigenvalue weighted by molar-refractivity contribution is -0.119. The molecule has 0 spiro atoms. The van der Waals surface area contributed by atoms with Crippen molar-refractivity contribution in [3.8, 4) is 0 Å². The minimum absolute atomic E-state index is 0.0168. The second kappa shape index (κ2) is 4.73. The minimum atomic E-state index is -0.687. The fourth-order valence-corrected chi connectivity index (χ4v) is 1.85. The number of carbonyl (C=O) groups is 1. The first-order valence-corrected chi connectivity index (χ1v) is 5.68. The van der Waals surface area contributed by atoms with Gasteiger partial charge >= 0.3 is 0 Å². The van der Waals surface area contributed by atoms with E-state index in [4.69, 9.17) is 5.73 Å². The van der Waals surface area contributed by atoms with Crippen LogP contribution in [0.5, 0.6) is 0 Å². The van der Waals surface area contributed by atoms with Crippen molar-refractivity contribution in [3.05, 3.63) is 29.8 Å². The molecule has 92 valence electrons. The van der Waals surface area contributed by atoms with Gasteiger partial charge in [0, 0.05) is 19.0 Å². The molecule has 1 aromatic rings. The predicted molar refractivity (Wildman–Crippen MR) is 65.2 cm³/mol. The molecule has 2 atom stereocenters. The van der Waals surface area contributed by atoms with Gasteiger partial charge in [-0.25, -0.2) is 0 Å². The van der Waals surface area contributed by atoms with Crippen molar-refractivity contribution >= 4 is 11.6 Å². The Labute approximate surface area is 100 Å². The Kier molecular flexibility index (Phi) is 3.31. The zero-order chi connectivity index (χ0) is 12.4. The fraction of sp³-hybridized carbons (Fsp3) is 0.417. The topological polar surface area (TPSA) is 78.6 Å². The molecule has 1 heterocycles. The molecule has 0 aliphatic carbocycles. The number of hydrogen-bond donors (Lipinski definition) is 3. The summed E-state index contributed by atoms with van der Waals surface area (Å²) in [4.78, 5) is 11.1. The van der Waals surface area contributed by atoms with Crippen LogP contribution < -0.4 is 16.2 Å². The quantitative estimate of drug-likeness (QED) is 0.704. The molecule has 5 heteroatoms. The van der Waals surface area contributed by atoms with Crippen molar-refractivity contribution in [2.75, 3.05) is 11.6 Å². The number of nitrogens with two attached hydrogens (primary N) is 1. The molecule has 0 bridgehead atoms. The SMILES string of the molecule is CC(N)C(O)c1cccc(N2CCC(=O)N2)c1. The Morgan fingerprint density at radius 3 is 2.88 bits per heavy atom. The molecule has 1 saturated heterocycles. The lowest BCUT2D eigenvalue weighted by atomic mass is 10.0. The summed E-state index contributed by atoms with van der Waals surface area (Å²) >= 11 is 0. The van der Waals surface area contributed by atoms with E-state index in [1.807, 2.05) is 24.3 Å². The van der Waals surface area contributed by atoms with Crippen molar-refractivity contribution < 1.29 is 9.90 Å². The Bertz CT molecular complexity index is 420. The number of anilines is 1. The van der Waals surface area contributed by atoms with Crippen LogP contribution in [-0.2, 0) is 4.79 Å². The van der Waals surface area contributed by atoms with Crippen LogP contribution >= 0.6 is 0 Å². The Hall–Kier alpha value is -1.59. The molecule has 1 aliphatic rings. The lowest BCUT2D eigenvalue weighted by Crippen LogP contribution is -2.33. The van der Waals surface area contributed by atoms with Crippen molar-refractivity contribution in [1.82, 2.24) is 5.43 Å². The highest BCUT2D eigenvalue weighted by Gasteiger charge is 2.20. The van der Waals surface area contributed by atoms with Crippen molar-refractivity contribution in [2.24, 2.45) is 5.73 Å². The Balaban J connectivity index is 2.19. The maximum absolute atomic E-state index is 11.1. The molecule has 1 fully saturated rings. The van der Waals surface area contributed by atoms with E-state index in [1.165, 1.54) is 0 Å². The fourth-order valence-electron chi connectivity index (χ4n) is 1.85. The van der Waals surface area contributed by atoms with Gasteiger partial charge in [-0.1, -0.05) is 12.1 Å². The van der Waals surface area contributed by atoms with Gasteiger partial charge < -0.3 is 10.8 Å². The Morgan fingerprint density at radius 2 is 2.29 bits per heavy atom. The third-order valence-electron chi connectivity index (χ3n) is 2.84. The molecule has 5 nitrogen and oxygen atoms in total. The molecule has 17 heavy (non-hydrogen) atoms. The van der Waals surface area contributed by atoms with Crippen LogP contribution in [0.25, 0.3) is 0 Å². The van der Waals surface area contributed by atoms with Crippen LogP contribution in [0.4, 0.5) is 5.69 Å². The van der Waals surface area contributed by atoms with E-state index in [9.17, 15) is 9.90 Å². The summed E-state index contributed by atoms with van der Waals surface area (Å²) in [7, 11) is 0. The normalized spacial score (nSPS) is 19.0. The van der Waals surface area contributed by atoms with E-state index in [0.29, 0.717) is 13.0 Å². The largest absolute Gasteiger partial charge is 0.387 e. The molecular formula is C12H17N3O2. The molecule has 4 N–H and O–H groups in total. The molecule has 0 aromatic heterocycles. The zero-order valence-electron chi connectivity index (χ0n) is 9.76. The van der Waals surface area contributed by atoms with E-state index in [2.05, 4.69) is 5.43 Å². The molecule has 0 radical (unpaired) electrons. The highest BCUT2D eigenvalue weighted by molar-refractivity contribution is 5.81. The van der Waals surface area contributed by atoms with Gasteiger partial charge in [0.25, 0.3) is 0 Å². The average Bonchev–Trinajstić information content (AvgIpc) is 2.75. The number of nitrogens with zero attached hydrogens (tertiary/aromatic N) is 1. The van der Waals surface area contributed by atoms with Gasteiger partial charge in [-0.05, 0) is 24.6 Å². The van der Waals surface area contributed by atoms with E-state index in [1.54, 1.807) is 11.9 Å². The molecular weight excluding hydrogens is 218 g/mol. The number of nitrogens with one attached hydrogen (secondary N) is 1. The molecule has 1 aliphatic heterocycles. The maximum atomic E-state index is 11.1. The summed E-state index contributed by atoms with van der Waals surface area (Å²) in [5.74, 6) is 0.0168. The molecule has 1 amide bonds. The second-order valence-electron chi connectivity index (χ2n) is 4.34. The lowest BCUT2D eigenvalue weighted by Gasteiger charge is -2.20. The smallest absolute Gasteiger partial charge is 0.240 e. The van der Waals surface area contributed by atoms with Crippen LogP contribution in [0.1, 0.15) is 25.0 Å². The van der Waals surface area contributed by atoms with Crippen molar-refractivity contribution in [3.63, 3.8) is 0 Å². The van der Waals surface area contributed by atoms with Crippen LogP contribution in [0.15, 0.2) is 24.3 Å². The van der Waals surface area contributed by atoms with Crippen molar-refractivity contribution in [2.45, 2.75) is 25.5 Å². The number of hydrogen-bond acceptors (Lipinski definition) is 4. The van der Waals surface area contributed by atoms with Crippen LogP contribution in [0.3, 0.4) is 0 Å². The van der Waals surface area contributed by atoms with E-state index in [-0.39, 0.29) is 11.9 Å². The molecule has 0 saturated carbocycles. The van der Waals surface area contributed by atoms with Gasteiger partial charge in [0.05, 0.1) is 11.8 Å². The molecule has 2 rings (SSSR count). The van der Waals surface area contributed by atoms with Crippen LogP contribution in [0.2, 0.25) is 0 Å². The summed E-state index contributed by atoms with van der Waals surface area (Å²) < 4.78 is 0. The summed E-state index contributed by atoms with van der Waals surface area (Å²) in [5.41, 5.74) is 10.0. The van der Waals surface area contributed by atoms with E-state index >= 15 is 0 Å². The molecule has 1 aromatic carbocycles. The third kappa shape index (κ3) is 2.57. The van der Waals surface area contributed by atoms with Gasteiger partial charge in [-0.2, -0.15) is 0 Å². The first-order valence-electron chi connectivity index (χ1n) is 5.68. The summed E-state index contributed by atoms with van der Waals surface area (Å²) in [6, 6.07) is 7.09. The van der Waals surface area contributed by atoms with Gasteiger partial charge in [-0.3, -0.25) is 15.2 Å². The summed E-state index contributed by atoms with van der Waals surface area (Å²) in [6.07, 6.45) is -0.187. The number of aliphatic hydroxyl groups is 1. The monoisotopic (exact) mass is 235 g/mol. The summed E-state index contributed by atoms with van der Waals surface area (Å²) in [6.45, 7) is 2.41. The van der Waals surface area contributed by atoms with Gasteiger partial charge in [0.15, 0.2) is 0 Å². The molecule has 2 unspecified atom stereocenters. The number of rotatable bonds is 3.